The highest BCUT2D eigenvalue weighted by atomic mass is 79.9. The lowest BCUT2D eigenvalue weighted by Crippen LogP contribution is -2.20. The summed E-state index contributed by atoms with van der Waals surface area (Å²) in [6, 6.07) is 10.8. The second-order valence-corrected chi connectivity index (χ2v) is 6.50. The summed E-state index contributed by atoms with van der Waals surface area (Å²) in [6.07, 6.45) is 0. The highest BCUT2D eigenvalue weighted by molar-refractivity contribution is 9.10. The third-order valence-corrected chi connectivity index (χ3v) is 4.59. The van der Waals surface area contributed by atoms with E-state index in [-0.39, 0.29) is 6.04 Å². The van der Waals surface area contributed by atoms with Gasteiger partial charge in [0.05, 0.1) is 6.04 Å². The van der Waals surface area contributed by atoms with E-state index in [4.69, 9.17) is 11.6 Å². The summed E-state index contributed by atoms with van der Waals surface area (Å²) in [5.74, 6) is 0. The van der Waals surface area contributed by atoms with Gasteiger partial charge in [0.2, 0.25) is 0 Å². The van der Waals surface area contributed by atoms with E-state index in [0.717, 1.165) is 15.1 Å². The molecule has 0 spiro atoms. The summed E-state index contributed by atoms with van der Waals surface area (Å²) in [4.78, 5) is 0. The zero-order valence-electron chi connectivity index (χ0n) is 12.2. The molecular formula is C17H19BrClN. The Morgan fingerprint density at radius 1 is 0.950 bits per heavy atom. The number of rotatable bonds is 3. The maximum absolute atomic E-state index is 6.21. The molecule has 2 aromatic rings. The molecule has 0 aliphatic heterocycles. The molecule has 0 aromatic heterocycles. The van der Waals surface area contributed by atoms with E-state index in [2.05, 4.69) is 59.4 Å². The zero-order chi connectivity index (χ0) is 14.9. The summed E-state index contributed by atoms with van der Waals surface area (Å²) in [5, 5.41) is 4.25. The van der Waals surface area contributed by atoms with Gasteiger partial charge in [0.25, 0.3) is 0 Å². The van der Waals surface area contributed by atoms with Crippen LogP contribution in [-0.4, -0.2) is 7.05 Å². The normalized spacial score (nSPS) is 12.5. The van der Waals surface area contributed by atoms with E-state index in [1.54, 1.807) is 0 Å². The number of halogens is 2. The predicted molar refractivity (Wildman–Crippen MR) is 90.7 cm³/mol. The van der Waals surface area contributed by atoms with Gasteiger partial charge >= 0.3 is 0 Å². The molecule has 0 aliphatic carbocycles. The molecule has 0 bridgehead atoms. The largest absolute Gasteiger partial charge is 0.309 e. The molecular weight excluding hydrogens is 334 g/mol. The third kappa shape index (κ3) is 3.08. The molecule has 3 heteroatoms. The molecule has 0 aliphatic rings. The Morgan fingerprint density at radius 3 is 2.20 bits per heavy atom. The molecule has 106 valence electrons. The Kier molecular flexibility index (Phi) is 4.90. The van der Waals surface area contributed by atoms with Crippen molar-refractivity contribution < 1.29 is 0 Å². The fourth-order valence-electron chi connectivity index (χ4n) is 2.56. The highest BCUT2D eigenvalue weighted by Gasteiger charge is 2.17. The summed E-state index contributed by atoms with van der Waals surface area (Å²) >= 11 is 9.73. The molecule has 0 saturated carbocycles. The van der Waals surface area contributed by atoms with Gasteiger partial charge in [-0.3, -0.25) is 0 Å². The first kappa shape index (κ1) is 15.6. The molecule has 0 radical (unpaired) electrons. The molecule has 2 aromatic carbocycles. The molecule has 0 heterocycles. The average molecular weight is 353 g/mol. The van der Waals surface area contributed by atoms with Crippen LogP contribution in [0.25, 0.3) is 0 Å². The van der Waals surface area contributed by atoms with E-state index in [1.165, 1.54) is 22.3 Å². The van der Waals surface area contributed by atoms with Crippen molar-refractivity contribution in [3.05, 3.63) is 67.6 Å². The van der Waals surface area contributed by atoms with Crippen LogP contribution < -0.4 is 5.32 Å². The van der Waals surface area contributed by atoms with Crippen LogP contribution in [0, 0.1) is 20.8 Å². The second kappa shape index (κ2) is 6.30. The molecule has 1 nitrogen and oxygen atoms in total. The Hall–Kier alpha value is -0.830. The molecule has 0 fully saturated rings. The van der Waals surface area contributed by atoms with Crippen molar-refractivity contribution in [2.24, 2.45) is 0 Å². The van der Waals surface area contributed by atoms with Gasteiger partial charge in [0, 0.05) is 9.50 Å². The second-order valence-electron chi connectivity index (χ2n) is 5.18. The lowest BCUT2D eigenvalue weighted by atomic mass is 9.91. The molecule has 1 N–H and O–H groups in total. The maximum Gasteiger partial charge on any atom is 0.0579 e. The van der Waals surface area contributed by atoms with E-state index in [9.17, 15) is 0 Å². The first-order valence-electron chi connectivity index (χ1n) is 6.64. The minimum Gasteiger partial charge on any atom is -0.309 e. The Labute approximate surface area is 134 Å². The molecule has 20 heavy (non-hydrogen) atoms. The van der Waals surface area contributed by atoms with Crippen LogP contribution in [0.5, 0.6) is 0 Å². The van der Waals surface area contributed by atoms with Gasteiger partial charge in [-0.05, 0) is 73.8 Å². The summed E-state index contributed by atoms with van der Waals surface area (Å²) < 4.78 is 1.11. The van der Waals surface area contributed by atoms with Crippen LogP contribution in [0.1, 0.15) is 33.9 Å². The smallest absolute Gasteiger partial charge is 0.0579 e. The van der Waals surface area contributed by atoms with Gasteiger partial charge in [-0.1, -0.05) is 39.7 Å². The molecule has 0 saturated heterocycles. The van der Waals surface area contributed by atoms with Crippen molar-refractivity contribution in [3.8, 4) is 0 Å². The number of hydrogen-bond donors (Lipinski definition) is 1. The number of benzene rings is 2. The van der Waals surface area contributed by atoms with Crippen LogP contribution in [0.15, 0.2) is 34.8 Å². The van der Waals surface area contributed by atoms with Gasteiger partial charge in [-0.25, -0.2) is 0 Å². The van der Waals surface area contributed by atoms with Gasteiger partial charge < -0.3 is 5.32 Å². The van der Waals surface area contributed by atoms with Gasteiger partial charge in [-0.2, -0.15) is 0 Å². The van der Waals surface area contributed by atoms with E-state index in [0.29, 0.717) is 0 Å². The van der Waals surface area contributed by atoms with Gasteiger partial charge in [-0.15, -0.1) is 0 Å². The van der Waals surface area contributed by atoms with Gasteiger partial charge in [0.1, 0.15) is 0 Å². The fraction of sp³-hybridized carbons (Fsp3) is 0.294. The first-order chi connectivity index (χ1) is 9.43. The van der Waals surface area contributed by atoms with Crippen molar-refractivity contribution in [1.82, 2.24) is 5.32 Å². The Morgan fingerprint density at radius 2 is 1.60 bits per heavy atom. The van der Waals surface area contributed by atoms with Crippen molar-refractivity contribution in [3.63, 3.8) is 0 Å². The Balaban J connectivity index is 2.55. The van der Waals surface area contributed by atoms with Crippen LogP contribution in [0.4, 0.5) is 0 Å². The molecule has 2 rings (SSSR count). The first-order valence-corrected chi connectivity index (χ1v) is 7.81. The van der Waals surface area contributed by atoms with E-state index in [1.807, 2.05) is 20.0 Å². The van der Waals surface area contributed by atoms with Crippen molar-refractivity contribution >= 4 is 27.5 Å². The number of aryl methyl sites for hydroxylation is 3. The summed E-state index contributed by atoms with van der Waals surface area (Å²) in [7, 11) is 2.00. The quantitative estimate of drug-likeness (QED) is 0.786. The number of nitrogens with one attached hydrogen (secondary N) is 1. The number of hydrogen-bond acceptors (Lipinski definition) is 1. The van der Waals surface area contributed by atoms with E-state index < -0.39 is 0 Å². The van der Waals surface area contributed by atoms with Crippen molar-refractivity contribution in [2.45, 2.75) is 26.8 Å². The fourth-order valence-corrected chi connectivity index (χ4v) is 3.25. The van der Waals surface area contributed by atoms with Crippen LogP contribution in [0.2, 0.25) is 5.02 Å². The maximum atomic E-state index is 6.21. The molecule has 1 atom stereocenters. The molecule has 0 amide bonds. The lowest BCUT2D eigenvalue weighted by Gasteiger charge is -2.22. The average Bonchev–Trinajstić information content (AvgIpc) is 2.38. The minimum atomic E-state index is 0.180. The summed E-state index contributed by atoms with van der Waals surface area (Å²) in [5.41, 5.74) is 6.16. The predicted octanol–water partition coefficient (Wildman–Crippen LogP) is 5.34. The topological polar surface area (TPSA) is 12.0 Å². The summed E-state index contributed by atoms with van der Waals surface area (Å²) in [6.45, 7) is 6.30. The SMILES string of the molecule is CNC(c1ccc(Br)cc1C)c1cc(C)c(Cl)cc1C. The standard InChI is InChI=1S/C17H19BrClN/c1-10-7-13(18)5-6-14(10)17(20-4)15-8-12(3)16(19)9-11(15)2/h5-9,17,20H,1-4H3. The third-order valence-electron chi connectivity index (χ3n) is 3.69. The van der Waals surface area contributed by atoms with Crippen LogP contribution in [0.3, 0.4) is 0 Å². The van der Waals surface area contributed by atoms with Gasteiger partial charge in [0.15, 0.2) is 0 Å². The lowest BCUT2D eigenvalue weighted by molar-refractivity contribution is 0.682. The van der Waals surface area contributed by atoms with E-state index >= 15 is 0 Å². The monoisotopic (exact) mass is 351 g/mol. The van der Waals surface area contributed by atoms with Crippen LogP contribution >= 0.6 is 27.5 Å². The van der Waals surface area contributed by atoms with Crippen LogP contribution in [-0.2, 0) is 0 Å². The Bertz CT molecular complexity index is 637. The van der Waals surface area contributed by atoms with Crippen molar-refractivity contribution in [2.75, 3.05) is 7.05 Å². The zero-order valence-corrected chi connectivity index (χ0v) is 14.6. The van der Waals surface area contributed by atoms with Crippen molar-refractivity contribution in [1.29, 1.82) is 0 Å². The highest BCUT2D eigenvalue weighted by Crippen LogP contribution is 2.31. The molecule has 1 unspecified atom stereocenters. The minimum absolute atomic E-state index is 0.180.